The Morgan fingerprint density at radius 2 is 2.08 bits per heavy atom. The summed E-state index contributed by atoms with van der Waals surface area (Å²) in [6, 6.07) is 4.75. The fourth-order valence-electron chi connectivity index (χ4n) is 2.34. The first kappa shape index (κ1) is 19.6. The molecule has 2 rings (SSSR count). The first-order valence-corrected chi connectivity index (χ1v) is 8.96. The average Bonchev–Trinajstić information content (AvgIpc) is 2.73. The van der Waals surface area contributed by atoms with Crippen molar-refractivity contribution in [2.75, 3.05) is 0 Å². The third kappa shape index (κ3) is 4.46. The van der Waals surface area contributed by atoms with Crippen molar-refractivity contribution in [1.29, 1.82) is 0 Å². The molecule has 1 heterocycles. The summed E-state index contributed by atoms with van der Waals surface area (Å²) in [4.78, 5) is 12.4. The van der Waals surface area contributed by atoms with Crippen LogP contribution in [0.4, 0.5) is 5.69 Å². The van der Waals surface area contributed by atoms with E-state index in [2.05, 4.69) is 32.8 Å². The van der Waals surface area contributed by atoms with Crippen LogP contribution in [0.15, 0.2) is 28.4 Å². The molecule has 25 heavy (non-hydrogen) atoms. The minimum absolute atomic E-state index is 0.147. The number of hydrogen-bond acceptors (Lipinski definition) is 5. The molecule has 9 heteroatoms. The zero-order valence-corrected chi connectivity index (χ0v) is 17.3. The molecular weight excluding hydrogens is 455 g/mol. The van der Waals surface area contributed by atoms with Crippen LogP contribution in [0, 0.1) is 3.57 Å². The quantitative estimate of drug-likeness (QED) is 0.301. The first-order valence-electron chi connectivity index (χ1n) is 7.47. The molecule has 1 aromatic heterocycles. The van der Waals surface area contributed by atoms with Gasteiger partial charge in [0, 0.05) is 8.96 Å². The van der Waals surface area contributed by atoms with Crippen molar-refractivity contribution in [1.82, 2.24) is 4.57 Å². The lowest BCUT2D eigenvalue weighted by atomic mass is 10.2. The van der Waals surface area contributed by atoms with E-state index in [0.29, 0.717) is 10.9 Å². The number of thiocarbonyl (C=S) groups is 1. The number of esters is 1. The van der Waals surface area contributed by atoms with E-state index in [9.17, 15) is 9.90 Å². The minimum Gasteiger partial charge on any atom is -0.493 e. The van der Waals surface area contributed by atoms with Gasteiger partial charge in [-0.05, 0) is 80.7 Å². The third-order valence-corrected chi connectivity index (χ3v) is 4.05. The molecular formula is C16H19IN4O3S. The molecule has 0 aliphatic carbocycles. The van der Waals surface area contributed by atoms with Gasteiger partial charge < -0.3 is 15.6 Å². The molecule has 0 saturated heterocycles. The topological polar surface area (TPSA) is 102 Å². The molecule has 2 aromatic rings. The molecule has 0 amide bonds. The molecule has 0 radical (unpaired) electrons. The molecule has 0 fully saturated rings. The summed E-state index contributed by atoms with van der Waals surface area (Å²) >= 11 is 6.85. The van der Waals surface area contributed by atoms with E-state index < -0.39 is 17.6 Å². The van der Waals surface area contributed by atoms with Crippen LogP contribution in [0.3, 0.4) is 0 Å². The van der Waals surface area contributed by atoms with Crippen LogP contribution in [0.25, 0.3) is 10.9 Å². The number of ether oxygens (including phenoxy) is 1. The van der Waals surface area contributed by atoms with Gasteiger partial charge in [-0.3, -0.25) is 4.57 Å². The zero-order valence-electron chi connectivity index (χ0n) is 14.3. The largest absolute Gasteiger partial charge is 0.493 e. The van der Waals surface area contributed by atoms with Crippen LogP contribution in [0.1, 0.15) is 33.7 Å². The highest BCUT2D eigenvalue weighted by atomic mass is 127. The smallest absolute Gasteiger partial charge is 0.329 e. The maximum Gasteiger partial charge on any atom is 0.329 e. The van der Waals surface area contributed by atoms with Crippen LogP contribution < -0.4 is 5.73 Å². The molecule has 0 saturated carbocycles. The van der Waals surface area contributed by atoms with Gasteiger partial charge in [-0.25, -0.2) is 4.79 Å². The lowest BCUT2D eigenvalue weighted by Gasteiger charge is -2.23. The van der Waals surface area contributed by atoms with Crippen LogP contribution in [0.2, 0.25) is 0 Å². The molecule has 7 nitrogen and oxygen atoms in total. The van der Waals surface area contributed by atoms with Gasteiger partial charge in [0.15, 0.2) is 5.69 Å². The average molecular weight is 474 g/mol. The number of benzene rings is 1. The summed E-state index contributed by atoms with van der Waals surface area (Å²) in [5, 5.41) is 18.7. The van der Waals surface area contributed by atoms with E-state index in [1.54, 1.807) is 33.8 Å². The van der Waals surface area contributed by atoms with E-state index >= 15 is 0 Å². The van der Waals surface area contributed by atoms with Crippen molar-refractivity contribution in [2.24, 2.45) is 16.0 Å². The third-order valence-electron chi connectivity index (χ3n) is 3.30. The lowest BCUT2D eigenvalue weighted by molar-refractivity contribution is -0.158. The standard InChI is InChI=1S/C16H19IN4O3S/c1-8(14(23)24-16(2,3)4)21-11-6-5-9(17)7-10(11)12(13(21)22)19-20-15(18)25/h5-8,22H,1-4H3,(H2,18,25). The highest BCUT2D eigenvalue weighted by Gasteiger charge is 2.28. The van der Waals surface area contributed by atoms with Crippen molar-refractivity contribution in [2.45, 2.75) is 39.3 Å². The van der Waals surface area contributed by atoms with Gasteiger partial charge >= 0.3 is 5.97 Å². The van der Waals surface area contributed by atoms with Gasteiger partial charge in [-0.2, -0.15) is 0 Å². The number of hydrogen-bond donors (Lipinski definition) is 2. The molecule has 0 spiro atoms. The number of halogens is 1. The minimum atomic E-state index is -0.754. The predicted octanol–water partition coefficient (Wildman–Crippen LogP) is 4.18. The Labute approximate surface area is 164 Å². The second-order valence-electron chi connectivity index (χ2n) is 6.45. The monoisotopic (exact) mass is 474 g/mol. The molecule has 134 valence electrons. The number of azo groups is 1. The van der Waals surface area contributed by atoms with Gasteiger partial charge in [0.25, 0.3) is 0 Å². The Bertz CT molecular complexity index is 870. The van der Waals surface area contributed by atoms with E-state index in [0.717, 1.165) is 3.57 Å². The molecule has 1 atom stereocenters. The summed E-state index contributed by atoms with van der Waals surface area (Å²) in [6.45, 7) is 7.01. The van der Waals surface area contributed by atoms with Crippen LogP contribution >= 0.6 is 34.8 Å². The lowest BCUT2D eigenvalue weighted by Crippen LogP contribution is -2.28. The van der Waals surface area contributed by atoms with Gasteiger partial charge in [0.05, 0.1) is 5.52 Å². The zero-order chi connectivity index (χ0) is 18.9. The van der Waals surface area contributed by atoms with Crippen molar-refractivity contribution in [3.8, 4) is 5.88 Å². The molecule has 1 unspecified atom stereocenters. The highest BCUT2D eigenvalue weighted by molar-refractivity contribution is 14.1. The van der Waals surface area contributed by atoms with E-state index in [-0.39, 0.29) is 16.7 Å². The first-order chi connectivity index (χ1) is 11.5. The summed E-state index contributed by atoms with van der Waals surface area (Å²) in [5.41, 5.74) is 5.56. The summed E-state index contributed by atoms with van der Waals surface area (Å²) in [6.07, 6.45) is 0. The van der Waals surface area contributed by atoms with Gasteiger partial charge in [0.2, 0.25) is 11.0 Å². The number of aromatic hydroxyl groups is 1. The molecule has 0 aliphatic rings. The normalized spacial score (nSPS) is 13.3. The predicted molar refractivity (Wildman–Crippen MR) is 108 cm³/mol. The van der Waals surface area contributed by atoms with E-state index in [1.165, 1.54) is 4.57 Å². The number of carbonyl (C=O) groups excluding carboxylic acids is 1. The van der Waals surface area contributed by atoms with E-state index in [4.69, 9.17) is 22.7 Å². The second-order valence-corrected chi connectivity index (χ2v) is 8.12. The van der Waals surface area contributed by atoms with Gasteiger partial charge in [-0.15, -0.1) is 10.2 Å². The SMILES string of the molecule is CC(C(=O)OC(C)(C)C)n1c(O)c(N=NC(N)=S)c2cc(I)ccc21. The second kappa shape index (κ2) is 7.24. The summed E-state index contributed by atoms with van der Waals surface area (Å²) in [7, 11) is 0. The van der Waals surface area contributed by atoms with Crippen LogP contribution in [-0.2, 0) is 9.53 Å². The summed E-state index contributed by atoms with van der Waals surface area (Å²) < 4.78 is 7.83. The van der Waals surface area contributed by atoms with Crippen LogP contribution in [0.5, 0.6) is 5.88 Å². The molecule has 3 N–H and O–H groups in total. The van der Waals surface area contributed by atoms with Gasteiger partial charge in [0.1, 0.15) is 11.6 Å². The van der Waals surface area contributed by atoms with Crippen molar-refractivity contribution in [3.05, 3.63) is 21.8 Å². The summed E-state index contributed by atoms with van der Waals surface area (Å²) in [5.74, 6) is -0.661. The Morgan fingerprint density at radius 3 is 2.64 bits per heavy atom. The number of fused-ring (bicyclic) bond motifs is 1. The van der Waals surface area contributed by atoms with Crippen LogP contribution in [-0.4, -0.2) is 26.4 Å². The maximum absolute atomic E-state index is 12.4. The highest BCUT2D eigenvalue weighted by Crippen LogP contribution is 2.41. The Balaban J connectivity index is 2.62. The fraction of sp³-hybridized carbons (Fsp3) is 0.375. The van der Waals surface area contributed by atoms with Gasteiger partial charge in [-0.1, -0.05) is 0 Å². The number of nitrogens with zero attached hydrogens (tertiary/aromatic N) is 3. The number of aromatic nitrogens is 1. The Morgan fingerprint density at radius 1 is 1.44 bits per heavy atom. The number of nitrogens with two attached hydrogens (primary N) is 1. The van der Waals surface area contributed by atoms with Crippen molar-refractivity contribution < 1.29 is 14.6 Å². The number of carbonyl (C=O) groups is 1. The Kier molecular flexibility index (Phi) is 5.67. The van der Waals surface area contributed by atoms with E-state index in [1.807, 2.05) is 12.1 Å². The maximum atomic E-state index is 12.4. The number of rotatable bonds is 3. The van der Waals surface area contributed by atoms with Crippen molar-refractivity contribution >= 4 is 62.5 Å². The fourth-order valence-corrected chi connectivity index (χ4v) is 2.87. The molecule has 1 aromatic carbocycles. The molecule has 0 bridgehead atoms. The van der Waals surface area contributed by atoms with Crippen molar-refractivity contribution in [3.63, 3.8) is 0 Å². The molecule has 0 aliphatic heterocycles. The Hall–Kier alpha value is -1.75.